The highest BCUT2D eigenvalue weighted by molar-refractivity contribution is 7.99. The van der Waals surface area contributed by atoms with Crippen molar-refractivity contribution in [3.05, 3.63) is 20.8 Å². The third-order valence-corrected chi connectivity index (χ3v) is 6.71. The summed E-state index contributed by atoms with van der Waals surface area (Å²) in [5.74, 6) is 0.720. The van der Waals surface area contributed by atoms with Crippen molar-refractivity contribution in [2.45, 2.75) is 71.5 Å². The highest BCUT2D eigenvalue weighted by atomic mass is 32.2. The summed E-state index contributed by atoms with van der Waals surface area (Å²) in [5, 5.41) is 4.21. The smallest absolute Gasteiger partial charge is 0.260 e. The number of aromatic nitrogens is 2. The number of carbonyl (C=O) groups is 1. The SMILES string of the molecule is CC[C@H](C)Cc1c(C)sc2nc(SCC(=O)NC(C)(C)CC)[nH]c(=O)c12. The molecule has 0 saturated heterocycles. The molecule has 0 aliphatic heterocycles. The van der Waals surface area contributed by atoms with Gasteiger partial charge in [0.15, 0.2) is 5.16 Å². The second-order valence-electron chi connectivity index (χ2n) is 7.48. The Morgan fingerprint density at radius 1 is 1.38 bits per heavy atom. The summed E-state index contributed by atoms with van der Waals surface area (Å²) in [6.07, 6.45) is 2.84. The number of nitrogens with zero attached hydrogens (tertiary/aromatic N) is 1. The molecular weight excluding hydrogens is 366 g/mol. The molecule has 0 aromatic carbocycles. The van der Waals surface area contributed by atoms with Crippen LogP contribution < -0.4 is 10.9 Å². The monoisotopic (exact) mass is 395 g/mol. The van der Waals surface area contributed by atoms with Crippen molar-refractivity contribution >= 4 is 39.2 Å². The molecule has 0 fully saturated rings. The zero-order valence-corrected chi connectivity index (χ0v) is 18.1. The molecule has 2 aromatic heterocycles. The van der Waals surface area contributed by atoms with E-state index in [2.05, 4.69) is 36.1 Å². The van der Waals surface area contributed by atoms with Gasteiger partial charge in [-0.25, -0.2) is 4.98 Å². The number of thiophene rings is 1. The molecule has 26 heavy (non-hydrogen) atoms. The molecular formula is C19H29N3O2S2. The Morgan fingerprint density at radius 3 is 2.69 bits per heavy atom. The van der Waals surface area contributed by atoms with Crippen molar-refractivity contribution in [3.63, 3.8) is 0 Å². The number of aromatic amines is 1. The maximum Gasteiger partial charge on any atom is 0.260 e. The highest BCUT2D eigenvalue weighted by Gasteiger charge is 2.19. The third kappa shape index (κ3) is 5.10. The lowest BCUT2D eigenvalue weighted by Crippen LogP contribution is -2.43. The maximum absolute atomic E-state index is 12.6. The minimum absolute atomic E-state index is 0.0515. The molecule has 5 nitrogen and oxygen atoms in total. The molecule has 7 heteroatoms. The molecule has 2 N–H and O–H groups in total. The van der Waals surface area contributed by atoms with Crippen molar-refractivity contribution in [3.8, 4) is 0 Å². The fourth-order valence-corrected chi connectivity index (χ4v) is 4.37. The van der Waals surface area contributed by atoms with E-state index in [0.717, 1.165) is 34.5 Å². The minimum atomic E-state index is -0.224. The van der Waals surface area contributed by atoms with Gasteiger partial charge in [-0.3, -0.25) is 9.59 Å². The Balaban J connectivity index is 2.19. The summed E-state index contributed by atoms with van der Waals surface area (Å²) in [6, 6.07) is 0. The minimum Gasteiger partial charge on any atom is -0.351 e. The molecule has 2 aromatic rings. The summed E-state index contributed by atoms with van der Waals surface area (Å²) >= 11 is 2.83. The predicted molar refractivity (Wildman–Crippen MR) is 111 cm³/mol. The van der Waals surface area contributed by atoms with Gasteiger partial charge in [-0.1, -0.05) is 39.0 Å². The summed E-state index contributed by atoms with van der Waals surface area (Å²) in [4.78, 5) is 34.1. The number of carbonyl (C=O) groups excluding carboxylic acids is 1. The predicted octanol–water partition coefficient (Wildman–Crippen LogP) is 4.28. The molecule has 0 aliphatic rings. The topological polar surface area (TPSA) is 74.8 Å². The van der Waals surface area contributed by atoms with Crippen LogP contribution in [0.2, 0.25) is 0 Å². The van der Waals surface area contributed by atoms with Crippen molar-refractivity contribution in [2.75, 3.05) is 5.75 Å². The van der Waals surface area contributed by atoms with Crippen molar-refractivity contribution in [1.29, 1.82) is 0 Å². The van der Waals surface area contributed by atoms with Crippen LogP contribution >= 0.6 is 23.1 Å². The standard InChI is InChI=1S/C19H29N3O2S2/c1-7-11(3)9-13-12(4)26-17-15(13)16(24)20-18(21-17)25-10-14(23)22-19(5,6)8-2/h11H,7-10H2,1-6H3,(H,22,23)(H,20,21,24)/t11-/m0/s1. The third-order valence-electron chi connectivity index (χ3n) is 4.79. The van der Waals surface area contributed by atoms with Crippen LogP contribution in [-0.4, -0.2) is 27.2 Å². The van der Waals surface area contributed by atoms with E-state index in [4.69, 9.17) is 0 Å². The Hall–Kier alpha value is -1.34. The largest absolute Gasteiger partial charge is 0.351 e. The zero-order chi connectivity index (χ0) is 19.5. The van der Waals surface area contributed by atoms with E-state index in [0.29, 0.717) is 16.5 Å². The quantitative estimate of drug-likeness (QED) is 0.517. The molecule has 0 bridgehead atoms. The van der Waals surface area contributed by atoms with E-state index in [-0.39, 0.29) is 22.8 Å². The first-order valence-corrected chi connectivity index (χ1v) is 10.9. The lowest BCUT2D eigenvalue weighted by Gasteiger charge is -2.24. The van der Waals surface area contributed by atoms with Gasteiger partial charge in [0, 0.05) is 10.4 Å². The van der Waals surface area contributed by atoms with Crippen LogP contribution in [0.3, 0.4) is 0 Å². The molecule has 1 amide bonds. The van der Waals surface area contributed by atoms with Crippen LogP contribution in [-0.2, 0) is 11.2 Å². The van der Waals surface area contributed by atoms with E-state index in [9.17, 15) is 9.59 Å². The van der Waals surface area contributed by atoms with Gasteiger partial charge in [0.25, 0.3) is 5.56 Å². The number of thioether (sulfide) groups is 1. The van der Waals surface area contributed by atoms with Crippen LogP contribution in [0.1, 0.15) is 57.9 Å². The number of nitrogens with one attached hydrogen (secondary N) is 2. The number of rotatable bonds is 8. The van der Waals surface area contributed by atoms with Crippen molar-refractivity contribution in [2.24, 2.45) is 5.92 Å². The van der Waals surface area contributed by atoms with Crippen LogP contribution in [0.5, 0.6) is 0 Å². The fourth-order valence-electron chi connectivity index (χ4n) is 2.60. The lowest BCUT2D eigenvalue weighted by molar-refractivity contribution is -0.120. The molecule has 2 heterocycles. The van der Waals surface area contributed by atoms with Crippen LogP contribution in [0.4, 0.5) is 0 Å². The molecule has 0 spiro atoms. The fraction of sp³-hybridized carbons (Fsp3) is 0.632. The number of aryl methyl sites for hydroxylation is 1. The molecule has 2 rings (SSSR count). The van der Waals surface area contributed by atoms with E-state index in [1.54, 1.807) is 11.3 Å². The van der Waals surface area contributed by atoms with E-state index >= 15 is 0 Å². The highest BCUT2D eigenvalue weighted by Crippen LogP contribution is 2.30. The first kappa shape index (κ1) is 21.0. The summed E-state index contributed by atoms with van der Waals surface area (Å²) in [6.45, 7) is 12.4. The number of amides is 1. The van der Waals surface area contributed by atoms with Crippen LogP contribution in [0.25, 0.3) is 10.2 Å². The second-order valence-corrected chi connectivity index (χ2v) is 9.65. The molecule has 0 saturated carbocycles. The Bertz CT molecular complexity index is 839. The molecule has 0 aliphatic carbocycles. The normalized spacial score (nSPS) is 13.2. The van der Waals surface area contributed by atoms with E-state index in [1.807, 2.05) is 20.8 Å². The van der Waals surface area contributed by atoms with Gasteiger partial charge in [-0.05, 0) is 45.1 Å². The Kier molecular flexibility index (Phi) is 6.91. The molecule has 0 unspecified atom stereocenters. The van der Waals surface area contributed by atoms with Gasteiger partial charge < -0.3 is 10.3 Å². The zero-order valence-electron chi connectivity index (χ0n) is 16.5. The van der Waals surface area contributed by atoms with Gasteiger partial charge in [-0.2, -0.15) is 0 Å². The van der Waals surface area contributed by atoms with E-state index in [1.165, 1.54) is 11.8 Å². The van der Waals surface area contributed by atoms with Crippen molar-refractivity contribution < 1.29 is 4.79 Å². The van der Waals surface area contributed by atoms with E-state index < -0.39 is 0 Å². The summed E-state index contributed by atoms with van der Waals surface area (Å²) in [7, 11) is 0. The number of hydrogen-bond donors (Lipinski definition) is 2. The number of H-pyrrole nitrogens is 1. The molecule has 144 valence electrons. The van der Waals surface area contributed by atoms with Gasteiger partial charge in [0.1, 0.15) is 4.83 Å². The molecule has 0 radical (unpaired) electrons. The van der Waals surface area contributed by atoms with Gasteiger partial charge in [-0.15, -0.1) is 11.3 Å². The van der Waals surface area contributed by atoms with Crippen LogP contribution in [0.15, 0.2) is 9.95 Å². The summed E-state index contributed by atoms with van der Waals surface area (Å²) in [5.41, 5.74) is 0.791. The average molecular weight is 396 g/mol. The van der Waals surface area contributed by atoms with Crippen LogP contribution in [0, 0.1) is 12.8 Å². The summed E-state index contributed by atoms with van der Waals surface area (Å²) < 4.78 is 0. The first-order valence-electron chi connectivity index (χ1n) is 9.13. The number of hydrogen-bond acceptors (Lipinski definition) is 5. The average Bonchev–Trinajstić information content (AvgIpc) is 2.88. The number of fused-ring (bicyclic) bond motifs is 1. The second kappa shape index (κ2) is 8.57. The first-order chi connectivity index (χ1) is 12.2. The lowest BCUT2D eigenvalue weighted by atomic mass is 9.98. The van der Waals surface area contributed by atoms with Crippen molar-refractivity contribution in [1.82, 2.24) is 15.3 Å². The van der Waals surface area contributed by atoms with Gasteiger partial charge >= 0.3 is 0 Å². The Labute approximate surface area is 163 Å². The Morgan fingerprint density at radius 2 is 2.08 bits per heavy atom. The van der Waals surface area contributed by atoms with Gasteiger partial charge in [0.05, 0.1) is 11.1 Å². The maximum atomic E-state index is 12.6. The van der Waals surface area contributed by atoms with Gasteiger partial charge in [0.2, 0.25) is 5.91 Å². The molecule has 1 atom stereocenters.